The number of amides is 1. The summed E-state index contributed by atoms with van der Waals surface area (Å²) < 4.78 is 13.6. The normalized spacial score (nSPS) is 31.4. The summed E-state index contributed by atoms with van der Waals surface area (Å²) in [5, 5.41) is 3.45. The van der Waals surface area contributed by atoms with E-state index in [1.165, 1.54) is 25.3 Å². The Kier molecular flexibility index (Phi) is 6.36. The van der Waals surface area contributed by atoms with Crippen molar-refractivity contribution in [2.45, 2.75) is 107 Å². The summed E-state index contributed by atoms with van der Waals surface area (Å²) in [5.41, 5.74) is 1.07. The van der Waals surface area contributed by atoms with Crippen LogP contribution in [0.1, 0.15) is 70.9 Å². The molecule has 1 amide bonds. The van der Waals surface area contributed by atoms with Crippen molar-refractivity contribution in [1.29, 1.82) is 0 Å². The summed E-state index contributed by atoms with van der Waals surface area (Å²) >= 11 is 1.04. The molecule has 0 aromatic heterocycles. The standard InChI is InChI=1S/C30H42N2O5SSi/c1-18(33)38-17-24(35)31-30-12-11-21(34)27-29(30)13-14-32(16-19-7-8-19)23(30)15-20-9-10-22(26(36-27)25(20)29)37-39(5,6)28(2,3)4/h9-10,19,23,27H,7-8,11-17H2,1-6H3,(H,31,35)/t23?,27-,29-,30+/m0/s1. The minimum absolute atomic E-state index is 0.0143. The number of thioether (sulfide) groups is 1. The van der Waals surface area contributed by atoms with Gasteiger partial charge in [0.15, 0.2) is 22.8 Å². The Labute approximate surface area is 237 Å². The Balaban J connectivity index is 1.49. The van der Waals surface area contributed by atoms with Gasteiger partial charge >= 0.3 is 0 Å². The predicted octanol–water partition coefficient (Wildman–Crippen LogP) is 4.61. The topological polar surface area (TPSA) is 84.9 Å². The van der Waals surface area contributed by atoms with Crippen LogP contribution in [0.25, 0.3) is 0 Å². The molecule has 9 heteroatoms. The highest BCUT2D eigenvalue weighted by Crippen LogP contribution is 2.65. The van der Waals surface area contributed by atoms with Crippen molar-refractivity contribution >= 4 is 36.9 Å². The molecule has 1 aromatic rings. The third-order valence-corrected chi connectivity index (χ3v) is 15.7. The average Bonchev–Trinajstić information content (AvgIpc) is 3.59. The van der Waals surface area contributed by atoms with Gasteiger partial charge in [-0.2, -0.15) is 0 Å². The molecule has 3 fully saturated rings. The van der Waals surface area contributed by atoms with E-state index in [9.17, 15) is 14.4 Å². The molecule has 1 aromatic carbocycles. The predicted molar refractivity (Wildman–Crippen MR) is 155 cm³/mol. The van der Waals surface area contributed by atoms with Crippen molar-refractivity contribution in [2.24, 2.45) is 5.92 Å². The van der Waals surface area contributed by atoms with E-state index in [-0.39, 0.29) is 33.6 Å². The van der Waals surface area contributed by atoms with Crippen molar-refractivity contribution in [1.82, 2.24) is 10.2 Å². The van der Waals surface area contributed by atoms with Crippen LogP contribution in [-0.2, 0) is 26.2 Å². The highest BCUT2D eigenvalue weighted by Gasteiger charge is 2.74. The van der Waals surface area contributed by atoms with Crippen LogP contribution in [0.5, 0.6) is 11.5 Å². The van der Waals surface area contributed by atoms with E-state index < -0.39 is 25.4 Å². The van der Waals surface area contributed by atoms with E-state index in [1.54, 1.807) is 0 Å². The Morgan fingerprint density at radius 3 is 2.64 bits per heavy atom. The van der Waals surface area contributed by atoms with Gasteiger partial charge in [-0.3, -0.25) is 19.3 Å². The number of hydrogen-bond donors (Lipinski definition) is 1. The van der Waals surface area contributed by atoms with Crippen molar-refractivity contribution in [3.8, 4) is 11.5 Å². The van der Waals surface area contributed by atoms with E-state index in [1.807, 2.05) is 0 Å². The van der Waals surface area contributed by atoms with Gasteiger partial charge in [-0.15, -0.1) is 0 Å². The number of hydrogen-bond acceptors (Lipinski definition) is 7. The molecule has 1 unspecified atom stereocenters. The van der Waals surface area contributed by atoms with Gasteiger partial charge in [-0.25, -0.2) is 0 Å². The zero-order valence-corrected chi connectivity index (χ0v) is 26.0. The van der Waals surface area contributed by atoms with Gasteiger partial charge < -0.3 is 14.5 Å². The van der Waals surface area contributed by atoms with Crippen LogP contribution in [0, 0.1) is 5.92 Å². The van der Waals surface area contributed by atoms with Crippen LogP contribution in [-0.4, -0.2) is 66.6 Å². The van der Waals surface area contributed by atoms with E-state index in [2.05, 4.69) is 56.2 Å². The lowest BCUT2D eigenvalue weighted by Crippen LogP contribution is -2.82. The summed E-state index contributed by atoms with van der Waals surface area (Å²) in [7, 11) is -2.17. The number of likely N-dealkylation sites (tertiary alicyclic amines) is 1. The molecule has 1 N–H and O–H groups in total. The SMILES string of the molecule is CC(=O)SCC(=O)N[C@@]12CCC(=O)[C@@H]3Oc4c(O[Si](C)(C)C(C)(C)C)ccc5c4[C@@]31CCN(CC1CC1)C2C5. The maximum Gasteiger partial charge on any atom is 0.250 e. The number of nitrogens with one attached hydrogen (secondary N) is 1. The Hall–Kier alpha value is -1.84. The lowest BCUT2D eigenvalue weighted by Gasteiger charge is -2.65. The lowest BCUT2D eigenvalue weighted by atomic mass is 9.47. The number of Topliss-reactive ketones (excluding diaryl/α,β-unsaturated/α-hetero) is 1. The van der Waals surface area contributed by atoms with Crippen molar-refractivity contribution in [3.05, 3.63) is 23.3 Å². The number of piperidine rings is 1. The lowest BCUT2D eigenvalue weighted by molar-refractivity contribution is -0.149. The van der Waals surface area contributed by atoms with Gasteiger partial charge in [0.2, 0.25) is 5.91 Å². The van der Waals surface area contributed by atoms with Crippen LogP contribution in [0.15, 0.2) is 12.1 Å². The first-order chi connectivity index (χ1) is 18.3. The second-order valence-electron chi connectivity index (χ2n) is 13.9. The smallest absolute Gasteiger partial charge is 0.250 e. The fourth-order valence-electron chi connectivity index (χ4n) is 7.51. The second kappa shape index (κ2) is 9.08. The van der Waals surface area contributed by atoms with Gasteiger partial charge in [-0.1, -0.05) is 38.6 Å². The fraction of sp³-hybridized carbons (Fsp3) is 0.700. The third-order valence-electron chi connectivity index (χ3n) is 10.5. The van der Waals surface area contributed by atoms with Gasteiger partial charge in [0.25, 0.3) is 8.32 Å². The van der Waals surface area contributed by atoms with Gasteiger partial charge in [0.05, 0.1) is 16.7 Å². The molecule has 0 radical (unpaired) electrons. The van der Waals surface area contributed by atoms with Crippen LogP contribution >= 0.6 is 11.8 Å². The summed E-state index contributed by atoms with van der Waals surface area (Å²) in [6.07, 6.45) is 4.44. The highest BCUT2D eigenvalue weighted by molar-refractivity contribution is 8.14. The van der Waals surface area contributed by atoms with E-state index in [0.717, 1.165) is 60.7 Å². The van der Waals surface area contributed by atoms with E-state index >= 15 is 0 Å². The Morgan fingerprint density at radius 2 is 1.97 bits per heavy atom. The van der Waals surface area contributed by atoms with Crippen LogP contribution < -0.4 is 14.5 Å². The molecule has 1 saturated heterocycles. The molecule has 39 heavy (non-hydrogen) atoms. The van der Waals surface area contributed by atoms with E-state index in [4.69, 9.17) is 9.16 Å². The van der Waals surface area contributed by atoms with Gasteiger partial charge in [0, 0.05) is 31.5 Å². The molecule has 5 aliphatic rings. The summed E-state index contributed by atoms with van der Waals surface area (Å²) in [5.74, 6) is 2.27. The number of nitrogens with zero attached hydrogens (tertiary/aromatic N) is 1. The van der Waals surface area contributed by atoms with Gasteiger partial charge in [-0.05, 0) is 74.3 Å². The highest BCUT2D eigenvalue weighted by atomic mass is 32.2. The number of rotatable bonds is 7. The molecule has 2 heterocycles. The van der Waals surface area contributed by atoms with Crippen molar-refractivity contribution in [2.75, 3.05) is 18.8 Å². The molecule has 1 spiro atoms. The zero-order chi connectivity index (χ0) is 28.0. The van der Waals surface area contributed by atoms with Gasteiger partial charge in [0.1, 0.15) is 5.75 Å². The molecule has 2 aliphatic heterocycles. The average molecular weight is 571 g/mol. The van der Waals surface area contributed by atoms with Crippen LogP contribution in [0.3, 0.4) is 0 Å². The number of carbonyl (C=O) groups is 3. The quantitative estimate of drug-likeness (QED) is 0.480. The zero-order valence-electron chi connectivity index (χ0n) is 24.1. The van der Waals surface area contributed by atoms with Crippen LogP contribution in [0.2, 0.25) is 18.1 Å². The van der Waals surface area contributed by atoms with Crippen molar-refractivity contribution in [3.63, 3.8) is 0 Å². The molecular weight excluding hydrogens is 528 g/mol. The largest absolute Gasteiger partial charge is 0.541 e. The van der Waals surface area contributed by atoms with Crippen LogP contribution in [0.4, 0.5) is 0 Å². The Bertz CT molecular complexity index is 1240. The molecule has 4 atom stereocenters. The summed E-state index contributed by atoms with van der Waals surface area (Å²) in [6, 6.07) is 4.34. The summed E-state index contributed by atoms with van der Waals surface area (Å²) in [6.45, 7) is 14.5. The maximum absolute atomic E-state index is 13.7. The summed E-state index contributed by atoms with van der Waals surface area (Å²) in [4.78, 5) is 41.4. The molecule has 7 nitrogen and oxygen atoms in total. The second-order valence-corrected chi connectivity index (χ2v) is 19.8. The monoisotopic (exact) mass is 570 g/mol. The Morgan fingerprint density at radius 1 is 1.23 bits per heavy atom. The maximum atomic E-state index is 13.7. The fourth-order valence-corrected chi connectivity index (χ4v) is 8.94. The molecule has 2 saturated carbocycles. The van der Waals surface area contributed by atoms with Crippen molar-refractivity contribution < 1.29 is 23.5 Å². The minimum Gasteiger partial charge on any atom is -0.541 e. The number of ether oxygens (including phenoxy) is 1. The minimum atomic E-state index is -2.17. The molecule has 212 valence electrons. The number of carbonyl (C=O) groups excluding carboxylic acids is 3. The molecule has 3 aliphatic carbocycles. The first-order valence-electron chi connectivity index (χ1n) is 14.5. The number of benzene rings is 1. The molecular formula is C30H42N2O5SSi. The first-order valence-corrected chi connectivity index (χ1v) is 18.4. The van der Waals surface area contributed by atoms with E-state index in [0.29, 0.717) is 12.8 Å². The first kappa shape index (κ1) is 27.3. The third kappa shape index (κ3) is 4.12. The molecule has 2 bridgehead atoms. The number of ketones is 1. The molecule has 6 rings (SSSR count).